The van der Waals surface area contributed by atoms with E-state index in [-0.39, 0.29) is 22.4 Å². The number of carbonyl (C=O) groups is 2. The zero-order valence-corrected chi connectivity index (χ0v) is 18.0. The Bertz CT molecular complexity index is 982. The molecule has 7 nitrogen and oxygen atoms in total. The third-order valence-electron chi connectivity index (χ3n) is 4.94. The molecule has 160 valence electrons. The van der Waals surface area contributed by atoms with Gasteiger partial charge in [0.05, 0.1) is 10.5 Å². The highest BCUT2D eigenvalue weighted by Crippen LogP contribution is 2.21. The van der Waals surface area contributed by atoms with Crippen molar-refractivity contribution >= 4 is 27.6 Å². The van der Waals surface area contributed by atoms with Gasteiger partial charge in [-0.1, -0.05) is 18.2 Å². The largest absolute Gasteiger partial charge is 0.452 e. The second-order valence-electron chi connectivity index (χ2n) is 7.40. The predicted octanol–water partition coefficient (Wildman–Crippen LogP) is 3.07. The van der Waals surface area contributed by atoms with Gasteiger partial charge in [-0.2, -0.15) is 4.31 Å². The van der Waals surface area contributed by atoms with Crippen molar-refractivity contribution in [2.24, 2.45) is 0 Å². The highest BCUT2D eigenvalue weighted by molar-refractivity contribution is 7.89. The molecule has 8 heteroatoms. The molecule has 1 aliphatic rings. The Hall–Kier alpha value is -2.71. The molecule has 1 heterocycles. The molecular formula is C22H26N2O5S. The van der Waals surface area contributed by atoms with Gasteiger partial charge in [-0.25, -0.2) is 13.2 Å². The van der Waals surface area contributed by atoms with Gasteiger partial charge in [0.25, 0.3) is 5.91 Å². The van der Waals surface area contributed by atoms with Gasteiger partial charge in [0.2, 0.25) is 10.0 Å². The van der Waals surface area contributed by atoms with E-state index >= 15 is 0 Å². The minimum Gasteiger partial charge on any atom is -0.452 e. The Balaban J connectivity index is 1.64. The lowest BCUT2D eigenvalue weighted by Gasteiger charge is -2.26. The number of sulfonamides is 1. The number of hydrogen-bond acceptors (Lipinski definition) is 5. The van der Waals surface area contributed by atoms with Crippen LogP contribution in [0.1, 0.15) is 37.0 Å². The molecule has 0 saturated carbocycles. The lowest BCUT2D eigenvalue weighted by molar-refractivity contribution is -0.122. The summed E-state index contributed by atoms with van der Waals surface area (Å²) in [6, 6.07) is 14.7. The van der Waals surface area contributed by atoms with Gasteiger partial charge >= 0.3 is 5.97 Å². The minimum absolute atomic E-state index is 0.103. The summed E-state index contributed by atoms with van der Waals surface area (Å²) in [6.07, 6.45) is 1.71. The van der Waals surface area contributed by atoms with E-state index in [1.807, 2.05) is 44.2 Å². The molecule has 0 aliphatic carbocycles. The van der Waals surface area contributed by atoms with Gasteiger partial charge in [0, 0.05) is 24.8 Å². The van der Waals surface area contributed by atoms with Crippen molar-refractivity contribution in [2.45, 2.75) is 37.6 Å². The van der Waals surface area contributed by atoms with Crippen LogP contribution in [0.25, 0.3) is 0 Å². The number of ether oxygens (including phenoxy) is 1. The number of rotatable bonds is 7. The standard InChI is InChI=1S/C22H26N2O5S/c1-17(2)24(19-8-4-3-5-9-19)21(25)16-29-22(26)18-10-12-20(13-11-18)30(27,28)23-14-6-7-15-23/h3-5,8-13,17H,6-7,14-16H2,1-2H3. The van der Waals surface area contributed by atoms with Gasteiger partial charge in [0.1, 0.15) is 0 Å². The van der Waals surface area contributed by atoms with E-state index in [9.17, 15) is 18.0 Å². The fourth-order valence-corrected chi connectivity index (χ4v) is 4.96. The lowest BCUT2D eigenvalue weighted by atomic mass is 10.2. The SMILES string of the molecule is CC(C)N(C(=O)COC(=O)c1ccc(S(=O)(=O)N2CCCC2)cc1)c1ccccc1. The summed E-state index contributed by atoms with van der Waals surface area (Å²) in [4.78, 5) is 26.7. The molecule has 3 rings (SSSR count). The Morgan fingerprint density at radius 3 is 2.17 bits per heavy atom. The van der Waals surface area contributed by atoms with Crippen molar-refractivity contribution in [3.05, 3.63) is 60.2 Å². The maximum absolute atomic E-state index is 12.6. The summed E-state index contributed by atoms with van der Waals surface area (Å²) >= 11 is 0. The maximum Gasteiger partial charge on any atom is 0.338 e. The van der Waals surface area contributed by atoms with Crippen molar-refractivity contribution in [3.63, 3.8) is 0 Å². The number of amides is 1. The molecule has 0 unspecified atom stereocenters. The Labute approximate surface area is 177 Å². The van der Waals surface area contributed by atoms with Crippen LogP contribution in [0.3, 0.4) is 0 Å². The quantitative estimate of drug-likeness (QED) is 0.631. The highest BCUT2D eigenvalue weighted by Gasteiger charge is 2.27. The fourth-order valence-electron chi connectivity index (χ4n) is 3.44. The first kappa shape index (κ1) is 22.0. The molecule has 1 aliphatic heterocycles. The van der Waals surface area contributed by atoms with E-state index in [0.717, 1.165) is 18.5 Å². The number of carbonyl (C=O) groups excluding carboxylic acids is 2. The van der Waals surface area contributed by atoms with Gasteiger partial charge in [-0.15, -0.1) is 0 Å². The highest BCUT2D eigenvalue weighted by atomic mass is 32.2. The van der Waals surface area contributed by atoms with E-state index in [1.54, 1.807) is 4.90 Å². The van der Waals surface area contributed by atoms with Crippen molar-refractivity contribution in [1.82, 2.24) is 4.31 Å². The molecule has 0 bridgehead atoms. The van der Waals surface area contributed by atoms with E-state index < -0.39 is 22.6 Å². The summed E-state index contributed by atoms with van der Waals surface area (Å²) in [6.45, 7) is 4.39. The minimum atomic E-state index is -3.54. The van der Waals surface area contributed by atoms with Crippen LogP contribution in [0.15, 0.2) is 59.5 Å². The topological polar surface area (TPSA) is 84.0 Å². The van der Waals surface area contributed by atoms with E-state index in [0.29, 0.717) is 13.1 Å². The van der Waals surface area contributed by atoms with Crippen molar-refractivity contribution in [2.75, 3.05) is 24.6 Å². The summed E-state index contributed by atoms with van der Waals surface area (Å²) in [7, 11) is -3.54. The Morgan fingerprint density at radius 1 is 1.00 bits per heavy atom. The summed E-state index contributed by atoms with van der Waals surface area (Å²) in [5.41, 5.74) is 0.920. The molecule has 30 heavy (non-hydrogen) atoms. The van der Waals surface area contributed by atoms with Crippen LogP contribution in [0, 0.1) is 0 Å². The summed E-state index contributed by atoms with van der Waals surface area (Å²) in [5.74, 6) is -1.01. The zero-order chi connectivity index (χ0) is 21.7. The number of nitrogens with zero attached hydrogens (tertiary/aromatic N) is 2. The van der Waals surface area contributed by atoms with Crippen LogP contribution in [0.2, 0.25) is 0 Å². The average molecular weight is 431 g/mol. The predicted molar refractivity (Wildman–Crippen MR) is 114 cm³/mol. The molecule has 0 radical (unpaired) electrons. The normalized spacial score (nSPS) is 14.6. The van der Waals surface area contributed by atoms with E-state index in [2.05, 4.69) is 0 Å². The number of para-hydroxylation sites is 1. The first-order valence-corrected chi connectivity index (χ1v) is 11.4. The molecule has 0 atom stereocenters. The molecule has 1 amide bonds. The monoisotopic (exact) mass is 430 g/mol. The fraction of sp³-hybridized carbons (Fsp3) is 0.364. The second-order valence-corrected chi connectivity index (χ2v) is 9.34. The van der Waals surface area contributed by atoms with E-state index in [1.165, 1.54) is 28.6 Å². The number of benzene rings is 2. The summed E-state index contributed by atoms with van der Waals surface area (Å²) in [5, 5.41) is 0. The Kier molecular flexibility index (Phi) is 6.89. The molecule has 2 aromatic rings. The van der Waals surface area contributed by atoms with Crippen LogP contribution in [-0.2, 0) is 19.6 Å². The van der Waals surface area contributed by atoms with Crippen molar-refractivity contribution < 1.29 is 22.7 Å². The molecule has 2 aromatic carbocycles. The third kappa shape index (κ3) is 4.88. The van der Waals surface area contributed by atoms with Crippen molar-refractivity contribution in [3.8, 4) is 0 Å². The van der Waals surface area contributed by atoms with Gasteiger partial charge < -0.3 is 9.64 Å². The lowest BCUT2D eigenvalue weighted by Crippen LogP contribution is -2.39. The molecular weight excluding hydrogens is 404 g/mol. The van der Waals surface area contributed by atoms with Crippen LogP contribution in [0.4, 0.5) is 5.69 Å². The molecule has 1 fully saturated rings. The zero-order valence-electron chi connectivity index (χ0n) is 17.2. The van der Waals surface area contributed by atoms with E-state index in [4.69, 9.17) is 4.74 Å². The maximum atomic E-state index is 12.6. The number of hydrogen-bond donors (Lipinski definition) is 0. The second kappa shape index (κ2) is 9.40. The molecule has 1 saturated heterocycles. The number of esters is 1. The van der Waals surface area contributed by atoms with Crippen LogP contribution < -0.4 is 4.90 Å². The first-order chi connectivity index (χ1) is 14.3. The van der Waals surface area contributed by atoms with Crippen LogP contribution in [-0.4, -0.2) is 50.3 Å². The molecule has 0 spiro atoms. The summed E-state index contributed by atoms with van der Waals surface area (Å²) < 4.78 is 31.8. The average Bonchev–Trinajstić information content (AvgIpc) is 3.28. The van der Waals surface area contributed by atoms with Gasteiger partial charge in [0.15, 0.2) is 6.61 Å². The molecule has 0 N–H and O–H groups in total. The molecule has 0 aromatic heterocycles. The smallest absolute Gasteiger partial charge is 0.338 e. The van der Waals surface area contributed by atoms with Gasteiger partial charge in [-0.3, -0.25) is 4.79 Å². The third-order valence-corrected chi connectivity index (χ3v) is 6.85. The van der Waals surface area contributed by atoms with Crippen LogP contribution in [0.5, 0.6) is 0 Å². The van der Waals surface area contributed by atoms with Gasteiger partial charge in [-0.05, 0) is 63.1 Å². The first-order valence-electron chi connectivity index (χ1n) is 9.95. The Morgan fingerprint density at radius 2 is 1.60 bits per heavy atom. The number of anilines is 1. The van der Waals surface area contributed by atoms with Crippen molar-refractivity contribution in [1.29, 1.82) is 0 Å². The van der Waals surface area contributed by atoms with Crippen LogP contribution >= 0.6 is 0 Å².